The highest BCUT2D eigenvalue weighted by atomic mass is 19.1. The molecule has 2 heteroatoms. The Bertz CT molecular complexity index is 307. The largest absolute Gasteiger partial charge is 0.313 e. The van der Waals surface area contributed by atoms with Gasteiger partial charge in [-0.2, -0.15) is 0 Å². The normalized spacial score (nSPS) is 18.1. The van der Waals surface area contributed by atoms with Crippen LogP contribution in [0.5, 0.6) is 0 Å². The molecular formula is C12H16FN. The lowest BCUT2D eigenvalue weighted by molar-refractivity contribution is 0.597. The first-order chi connectivity index (χ1) is 6.75. The summed E-state index contributed by atoms with van der Waals surface area (Å²) in [5.41, 5.74) is 1.08. The molecule has 0 saturated heterocycles. The molecule has 0 heterocycles. The Morgan fingerprint density at radius 1 is 1.50 bits per heavy atom. The van der Waals surface area contributed by atoms with Gasteiger partial charge in [-0.3, -0.25) is 0 Å². The summed E-state index contributed by atoms with van der Waals surface area (Å²) in [4.78, 5) is 0. The number of nitrogens with one attached hydrogen (secondary N) is 1. The molecular weight excluding hydrogens is 177 g/mol. The van der Waals surface area contributed by atoms with Crippen LogP contribution < -0.4 is 5.32 Å². The minimum atomic E-state index is -0.138. The number of hydrogen-bond acceptors (Lipinski definition) is 1. The van der Waals surface area contributed by atoms with E-state index in [4.69, 9.17) is 0 Å². The molecule has 0 spiro atoms. The standard InChI is InChI=1S/C12H16FN/c1-9(8-14-12-5-6-12)10-3-2-4-11(13)7-10/h2-4,7,9,12,14H,5-6,8H2,1H3. The predicted molar refractivity (Wildman–Crippen MR) is 55.8 cm³/mol. The molecule has 2 rings (SSSR count). The van der Waals surface area contributed by atoms with Crippen LogP contribution in [0.1, 0.15) is 31.2 Å². The van der Waals surface area contributed by atoms with Crippen LogP contribution >= 0.6 is 0 Å². The Balaban J connectivity index is 1.91. The monoisotopic (exact) mass is 193 g/mol. The minimum Gasteiger partial charge on any atom is -0.313 e. The fraction of sp³-hybridized carbons (Fsp3) is 0.500. The van der Waals surface area contributed by atoms with Crippen LogP contribution in [-0.4, -0.2) is 12.6 Å². The second kappa shape index (κ2) is 4.09. The third kappa shape index (κ3) is 2.55. The highest BCUT2D eigenvalue weighted by molar-refractivity contribution is 5.20. The van der Waals surface area contributed by atoms with Gasteiger partial charge < -0.3 is 5.32 Å². The Hall–Kier alpha value is -0.890. The Kier molecular flexibility index (Phi) is 2.82. The summed E-state index contributed by atoms with van der Waals surface area (Å²) in [6.45, 7) is 3.08. The van der Waals surface area contributed by atoms with E-state index in [1.165, 1.54) is 18.9 Å². The van der Waals surface area contributed by atoms with Crippen LogP contribution in [0.3, 0.4) is 0 Å². The van der Waals surface area contributed by atoms with Crippen molar-refractivity contribution in [2.24, 2.45) is 0 Å². The smallest absolute Gasteiger partial charge is 0.123 e. The van der Waals surface area contributed by atoms with Gasteiger partial charge in [-0.25, -0.2) is 4.39 Å². The van der Waals surface area contributed by atoms with Crippen LogP contribution in [0.25, 0.3) is 0 Å². The van der Waals surface area contributed by atoms with Crippen molar-refractivity contribution >= 4 is 0 Å². The second-order valence-corrected chi connectivity index (χ2v) is 4.14. The summed E-state index contributed by atoms with van der Waals surface area (Å²) >= 11 is 0. The third-order valence-corrected chi connectivity index (χ3v) is 2.71. The van der Waals surface area contributed by atoms with E-state index in [1.54, 1.807) is 12.1 Å². The van der Waals surface area contributed by atoms with Crippen molar-refractivity contribution in [2.75, 3.05) is 6.54 Å². The van der Waals surface area contributed by atoms with E-state index in [0.717, 1.165) is 18.2 Å². The average molecular weight is 193 g/mol. The summed E-state index contributed by atoms with van der Waals surface area (Å²) in [6, 6.07) is 7.61. The Morgan fingerprint density at radius 3 is 2.93 bits per heavy atom. The SMILES string of the molecule is CC(CNC1CC1)c1cccc(F)c1. The van der Waals surface area contributed by atoms with E-state index in [1.807, 2.05) is 6.07 Å². The van der Waals surface area contributed by atoms with Crippen LogP contribution in [-0.2, 0) is 0 Å². The van der Waals surface area contributed by atoms with Crippen molar-refractivity contribution in [3.05, 3.63) is 35.6 Å². The predicted octanol–water partition coefficient (Wildman–Crippen LogP) is 2.68. The molecule has 1 atom stereocenters. The van der Waals surface area contributed by atoms with E-state index in [0.29, 0.717) is 5.92 Å². The molecule has 1 aliphatic carbocycles. The van der Waals surface area contributed by atoms with E-state index in [2.05, 4.69) is 12.2 Å². The van der Waals surface area contributed by atoms with Crippen molar-refractivity contribution in [3.8, 4) is 0 Å². The molecule has 0 bridgehead atoms. The molecule has 0 aliphatic heterocycles. The number of halogens is 1. The summed E-state index contributed by atoms with van der Waals surface area (Å²) in [5, 5.41) is 3.45. The zero-order chi connectivity index (χ0) is 9.97. The molecule has 0 radical (unpaired) electrons. The first-order valence-corrected chi connectivity index (χ1v) is 5.24. The third-order valence-electron chi connectivity index (χ3n) is 2.71. The van der Waals surface area contributed by atoms with Gasteiger partial charge in [0.2, 0.25) is 0 Å². The maximum atomic E-state index is 12.9. The summed E-state index contributed by atoms with van der Waals surface area (Å²) in [7, 11) is 0. The maximum Gasteiger partial charge on any atom is 0.123 e. The molecule has 0 amide bonds. The Morgan fingerprint density at radius 2 is 2.29 bits per heavy atom. The molecule has 1 aliphatic rings. The maximum absolute atomic E-state index is 12.9. The second-order valence-electron chi connectivity index (χ2n) is 4.14. The fourth-order valence-electron chi connectivity index (χ4n) is 1.56. The zero-order valence-electron chi connectivity index (χ0n) is 8.46. The van der Waals surface area contributed by atoms with Crippen LogP contribution in [0.15, 0.2) is 24.3 Å². The van der Waals surface area contributed by atoms with Gasteiger partial charge in [0.25, 0.3) is 0 Å². The first-order valence-electron chi connectivity index (χ1n) is 5.24. The van der Waals surface area contributed by atoms with Crippen molar-refractivity contribution in [2.45, 2.75) is 31.7 Å². The lowest BCUT2D eigenvalue weighted by Gasteiger charge is -2.12. The zero-order valence-corrected chi connectivity index (χ0v) is 8.46. The highest BCUT2D eigenvalue weighted by Gasteiger charge is 2.21. The van der Waals surface area contributed by atoms with Gasteiger partial charge in [-0.1, -0.05) is 19.1 Å². The molecule has 1 saturated carbocycles. The van der Waals surface area contributed by atoms with Crippen molar-refractivity contribution in [3.63, 3.8) is 0 Å². The summed E-state index contributed by atoms with van der Waals surface area (Å²) < 4.78 is 12.9. The molecule has 1 unspecified atom stereocenters. The van der Waals surface area contributed by atoms with Crippen molar-refractivity contribution in [1.82, 2.24) is 5.32 Å². The van der Waals surface area contributed by atoms with E-state index >= 15 is 0 Å². The first kappa shape index (κ1) is 9.66. The van der Waals surface area contributed by atoms with E-state index < -0.39 is 0 Å². The fourth-order valence-corrected chi connectivity index (χ4v) is 1.56. The number of hydrogen-bond donors (Lipinski definition) is 1. The van der Waals surface area contributed by atoms with Gasteiger partial charge >= 0.3 is 0 Å². The summed E-state index contributed by atoms with van der Waals surface area (Å²) in [5.74, 6) is 0.257. The van der Waals surface area contributed by atoms with Gasteiger partial charge in [-0.05, 0) is 36.5 Å². The molecule has 76 valence electrons. The lowest BCUT2D eigenvalue weighted by Crippen LogP contribution is -2.22. The molecule has 0 aromatic heterocycles. The van der Waals surface area contributed by atoms with Crippen LogP contribution in [0.4, 0.5) is 4.39 Å². The van der Waals surface area contributed by atoms with Gasteiger partial charge in [0.05, 0.1) is 0 Å². The van der Waals surface area contributed by atoms with Gasteiger partial charge in [0, 0.05) is 12.6 Å². The van der Waals surface area contributed by atoms with E-state index in [-0.39, 0.29) is 5.82 Å². The highest BCUT2D eigenvalue weighted by Crippen LogP contribution is 2.21. The molecule has 1 N–H and O–H groups in total. The van der Waals surface area contributed by atoms with E-state index in [9.17, 15) is 4.39 Å². The summed E-state index contributed by atoms with van der Waals surface area (Å²) in [6.07, 6.45) is 2.60. The quantitative estimate of drug-likeness (QED) is 0.775. The topological polar surface area (TPSA) is 12.0 Å². The lowest BCUT2D eigenvalue weighted by atomic mass is 10.0. The number of rotatable bonds is 4. The molecule has 14 heavy (non-hydrogen) atoms. The van der Waals surface area contributed by atoms with Crippen LogP contribution in [0.2, 0.25) is 0 Å². The minimum absolute atomic E-state index is 0.138. The molecule has 1 nitrogen and oxygen atoms in total. The van der Waals surface area contributed by atoms with Gasteiger partial charge in [0.1, 0.15) is 5.82 Å². The average Bonchev–Trinajstić information content (AvgIpc) is 2.97. The van der Waals surface area contributed by atoms with Gasteiger partial charge in [-0.15, -0.1) is 0 Å². The van der Waals surface area contributed by atoms with Gasteiger partial charge in [0.15, 0.2) is 0 Å². The van der Waals surface area contributed by atoms with Crippen molar-refractivity contribution in [1.29, 1.82) is 0 Å². The van der Waals surface area contributed by atoms with Crippen molar-refractivity contribution < 1.29 is 4.39 Å². The van der Waals surface area contributed by atoms with Crippen LogP contribution in [0, 0.1) is 5.82 Å². The number of benzene rings is 1. The molecule has 1 fully saturated rings. The molecule has 1 aromatic rings. The Labute approximate surface area is 84.3 Å². The molecule has 1 aromatic carbocycles.